The normalized spacial score (nSPS) is 10.7. The van der Waals surface area contributed by atoms with Gasteiger partial charge in [0.1, 0.15) is 11.5 Å². The molecule has 0 radical (unpaired) electrons. The smallest absolute Gasteiger partial charge is 0.271 e. The third-order valence-corrected chi connectivity index (χ3v) is 3.67. The Kier molecular flexibility index (Phi) is 5.31. The Morgan fingerprint density at radius 3 is 2.62 bits per heavy atom. The molecule has 0 saturated heterocycles. The molecule has 0 aliphatic heterocycles. The number of amides is 1. The summed E-state index contributed by atoms with van der Waals surface area (Å²) >= 11 is 9.38. The van der Waals surface area contributed by atoms with Crippen LogP contribution in [0.15, 0.2) is 34.9 Å². The summed E-state index contributed by atoms with van der Waals surface area (Å²) in [6.45, 7) is 4.35. The molecule has 0 aliphatic rings. The van der Waals surface area contributed by atoms with Crippen molar-refractivity contribution < 1.29 is 4.79 Å². The predicted molar refractivity (Wildman–Crippen MR) is 86.4 cm³/mol. The standard InChI is InChI=1S/C15H15BrClN3O/c1-9(2)14-18-8-12(17)13(20-14)15(21)19-7-10-3-5-11(16)6-4-10/h3-6,8-9H,7H2,1-2H3,(H,19,21). The molecule has 1 heterocycles. The van der Waals surface area contributed by atoms with Crippen molar-refractivity contribution in [1.82, 2.24) is 15.3 Å². The summed E-state index contributed by atoms with van der Waals surface area (Å²) in [5.41, 5.74) is 1.22. The van der Waals surface area contributed by atoms with E-state index in [0.29, 0.717) is 12.4 Å². The van der Waals surface area contributed by atoms with Crippen molar-refractivity contribution in [3.63, 3.8) is 0 Å². The van der Waals surface area contributed by atoms with E-state index < -0.39 is 0 Å². The van der Waals surface area contributed by atoms with Crippen LogP contribution < -0.4 is 5.32 Å². The van der Waals surface area contributed by atoms with E-state index in [2.05, 4.69) is 31.2 Å². The molecule has 1 amide bonds. The van der Waals surface area contributed by atoms with Gasteiger partial charge in [-0.1, -0.05) is 53.5 Å². The van der Waals surface area contributed by atoms with Gasteiger partial charge in [0.25, 0.3) is 5.91 Å². The summed E-state index contributed by atoms with van der Waals surface area (Å²) in [6.07, 6.45) is 1.47. The lowest BCUT2D eigenvalue weighted by Gasteiger charge is -2.09. The summed E-state index contributed by atoms with van der Waals surface area (Å²) in [7, 11) is 0. The second-order valence-electron chi connectivity index (χ2n) is 4.89. The lowest BCUT2D eigenvalue weighted by Crippen LogP contribution is -2.25. The highest BCUT2D eigenvalue weighted by Gasteiger charge is 2.15. The molecule has 110 valence electrons. The second-order valence-corrected chi connectivity index (χ2v) is 6.21. The summed E-state index contributed by atoms with van der Waals surface area (Å²) in [6, 6.07) is 7.73. The monoisotopic (exact) mass is 367 g/mol. The van der Waals surface area contributed by atoms with Crippen molar-refractivity contribution in [2.75, 3.05) is 0 Å². The highest BCUT2D eigenvalue weighted by atomic mass is 79.9. The minimum Gasteiger partial charge on any atom is -0.347 e. The topological polar surface area (TPSA) is 54.9 Å². The lowest BCUT2D eigenvalue weighted by atomic mass is 10.2. The Labute approximate surface area is 137 Å². The number of benzene rings is 1. The fourth-order valence-corrected chi connectivity index (χ4v) is 2.13. The first-order valence-corrected chi connectivity index (χ1v) is 7.69. The largest absolute Gasteiger partial charge is 0.347 e. The number of aromatic nitrogens is 2. The molecule has 21 heavy (non-hydrogen) atoms. The van der Waals surface area contributed by atoms with Crippen LogP contribution in [0.5, 0.6) is 0 Å². The van der Waals surface area contributed by atoms with Crippen molar-refractivity contribution in [3.8, 4) is 0 Å². The zero-order chi connectivity index (χ0) is 15.4. The summed E-state index contributed by atoms with van der Waals surface area (Å²) < 4.78 is 0.998. The number of nitrogens with zero attached hydrogens (tertiary/aromatic N) is 2. The molecular weight excluding hydrogens is 354 g/mol. The number of carbonyl (C=O) groups excluding carboxylic acids is 1. The molecular formula is C15H15BrClN3O. The lowest BCUT2D eigenvalue weighted by molar-refractivity contribution is 0.0945. The molecule has 1 N–H and O–H groups in total. The van der Waals surface area contributed by atoms with E-state index >= 15 is 0 Å². The van der Waals surface area contributed by atoms with E-state index in [-0.39, 0.29) is 22.5 Å². The van der Waals surface area contributed by atoms with E-state index in [1.165, 1.54) is 6.20 Å². The minimum atomic E-state index is -0.299. The highest BCUT2D eigenvalue weighted by Crippen LogP contribution is 2.16. The number of nitrogens with one attached hydrogen (secondary N) is 1. The molecule has 2 aromatic rings. The number of hydrogen-bond donors (Lipinski definition) is 1. The van der Waals surface area contributed by atoms with Crippen LogP contribution in [0, 0.1) is 0 Å². The molecule has 6 heteroatoms. The van der Waals surface area contributed by atoms with Crippen LogP contribution in [-0.4, -0.2) is 15.9 Å². The van der Waals surface area contributed by atoms with Crippen molar-refractivity contribution in [2.45, 2.75) is 26.3 Å². The first-order chi connectivity index (χ1) is 9.97. The van der Waals surface area contributed by atoms with Crippen molar-refractivity contribution in [1.29, 1.82) is 0 Å². The number of carbonyl (C=O) groups is 1. The van der Waals surface area contributed by atoms with Gasteiger partial charge in [-0.05, 0) is 17.7 Å². The quantitative estimate of drug-likeness (QED) is 0.889. The number of rotatable bonds is 4. The molecule has 2 rings (SSSR count). The minimum absolute atomic E-state index is 0.139. The van der Waals surface area contributed by atoms with Gasteiger partial charge in [0, 0.05) is 16.9 Å². The molecule has 1 aromatic heterocycles. The maximum absolute atomic E-state index is 12.2. The van der Waals surface area contributed by atoms with E-state index in [1.807, 2.05) is 38.1 Å². The summed E-state index contributed by atoms with van der Waals surface area (Å²) in [5.74, 6) is 0.445. The third kappa shape index (κ3) is 4.25. The molecule has 1 aromatic carbocycles. The van der Waals surface area contributed by atoms with E-state index in [0.717, 1.165) is 10.0 Å². The van der Waals surface area contributed by atoms with Crippen LogP contribution in [0.25, 0.3) is 0 Å². The fraction of sp³-hybridized carbons (Fsp3) is 0.267. The Morgan fingerprint density at radius 1 is 1.33 bits per heavy atom. The molecule has 0 bridgehead atoms. The highest BCUT2D eigenvalue weighted by molar-refractivity contribution is 9.10. The molecule has 0 atom stereocenters. The van der Waals surface area contributed by atoms with Crippen LogP contribution in [0.4, 0.5) is 0 Å². The summed E-state index contributed by atoms with van der Waals surface area (Å²) in [4.78, 5) is 20.5. The van der Waals surface area contributed by atoms with Gasteiger partial charge in [-0.3, -0.25) is 4.79 Å². The fourth-order valence-electron chi connectivity index (χ4n) is 1.69. The van der Waals surface area contributed by atoms with E-state index in [4.69, 9.17) is 11.6 Å². The molecule has 4 nitrogen and oxygen atoms in total. The van der Waals surface area contributed by atoms with Crippen LogP contribution in [0.1, 0.15) is 41.6 Å². The van der Waals surface area contributed by atoms with Crippen LogP contribution >= 0.6 is 27.5 Å². The third-order valence-electron chi connectivity index (χ3n) is 2.86. The van der Waals surface area contributed by atoms with Gasteiger partial charge in [0.15, 0.2) is 0 Å². The average molecular weight is 369 g/mol. The maximum Gasteiger partial charge on any atom is 0.271 e. The Hall–Kier alpha value is -1.46. The van der Waals surface area contributed by atoms with Crippen LogP contribution in [0.3, 0.4) is 0 Å². The van der Waals surface area contributed by atoms with Gasteiger partial charge in [-0.15, -0.1) is 0 Å². The van der Waals surface area contributed by atoms with Crippen molar-refractivity contribution in [3.05, 3.63) is 57.0 Å². The molecule has 0 saturated carbocycles. The molecule has 0 aliphatic carbocycles. The van der Waals surface area contributed by atoms with Gasteiger partial charge in [0.2, 0.25) is 0 Å². The van der Waals surface area contributed by atoms with Gasteiger partial charge in [0.05, 0.1) is 11.2 Å². The predicted octanol–water partition coefficient (Wildman–Crippen LogP) is 3.95. The van der Waals surface area contributed by atoms with E-state index in [9.17, 15) is 4.79 Å². The first-order valence-electron chi connectivity index (χ1n) is 6.52. The Morgan fingerprint density at radius 2 is 2.00 bits per heavy atom. The zero-order valence-corrected chi connectivity index (χ0v) is 14.1. The van der Waals surface area contributed by atoms with Gasteiger partial charge in [-0.2, -0.15) is 0 Å². The van der Waals surface area contributed by atoms with Crippen LogP contribution in [0.2, 0.25) is 5.02 Å². The molecule has 0 unspecified atom stereocenters. The zero-order valence-electron chi connectivity index (χ0n) is 11.7. The maximum atomic E-state index is 12.2. The van der Waals surface area contributed by atoms with E-state index in [1.54, 1.807) is 0 Å². The van der Waals surface area contributed by atoms with Crippen molar-refractivity contribution in [2.24, 2.45) is 0 Å². The summed E-state index contributed by atoms with van der Waals surface area (Å²) in [5, 5.41) is 3.07. The van der Waals surface area contributed by atoms with Gasteiger partial charge < -0.3 is 5.32 Å². The second kappa shape index (κ2) is 7.00. The van der Waals surface area contributed by atoms with Gasteiger partial charge >= 0.3 is 0 Å². The Balaban J connectivity index is 2.09. The SMILES string of the molecule is CC(C)c1ncc(Cl)c(C(=O)NCc2ccc(Br)cc2)n1. The first kappa shape index (κ1) is 15.9. The molecule has 0 fully saturated rings. The number of halogens is 2. The average Bonchev–Trinajstić information content (AvgIpc) is 2.46. The molecule has 0 spiro atoms. The number of hydrogen-bond acceptors (Lipinski definition) is 3. The van der Waals surface area contributed by atoms with Crippen LogP contribution in [-0.2, 0) is 6.54 Å². The Bertz CT molecular complexity index is 644. The van der Waals surface area contributed by atoms with Gasteiger partial charge in [-0.25, -0.2) is 9.97 Å². The van der Waals surface area contributed by atoms with Crippen molar-refractivity contribution >= 4 is 33.4 Å².